The lowest BCUT2D eigenvalue weighted by Crippen LogP contribution is -1.96. The highest BCUT2D eigenvalue weighted by Crippen LogP contribution is 2.48. The van der Waals surface area contributed by atoms with Crippen LogP contribution in [0.25, 0.3) is 11.1 Å². The summed E-state index contributed by atoms with van der Waals surface area (Å²) in [6, 6.07) is 12.8. The number of ketones is 1. The minimum Gasteiger partial charge on any atom is -0.289 e. The van der Waals surface area contributed by atoms with Crippen molar-refractivity contribution < 1.29 is 4.79 Å². The predicted octanol–water partition coefficient (Wildman–Crippen LogP) is 5.70. The van der Waals surface area contributed by atoms with Gasteiger partial charge < -0.3 is 0 Å². The summed E-state index contributed by atoms with van der Waals surface area (Å²) in [7, 11) is -0.767. The molecule has 0 fully saturated rings. The summed E-state index contributed by atoms with van der Waals surface area (Å²) in [4.78, 5) is 15.5. The van der Waals surface area contributed by atoms with Crippen LogP contribution in [0.1, 0.15) is 15.9 Å². The maximum atomic E-state index is 13.0. The Hall–Kier alpha value is -2.23. The lowest BCUT2D eigenvalue weighted by Gasteiger charge is -2.12. The summed E-state index contributed by atoms with van der Waals surface area (Å²) in [5.41, 5.74) is 3.89. The van der Waals surface area contributed by atoms with Crippen LogP contribution < -0.4 is 0 Å². The van der Waals surface area contributed by atoms with E-state index in [-0.39, 0.29) is 27.6 Å². The normalized spacial score (nSPS) is 19.4. The molecule has 0 saturated carbocycles. The summed E-state index contributed by atoms with van der Waals surface area (Å²) in [5, 5.41) is 8.90. The Labute approximate surface area is 146 Å². The van der Waals surface area contributed by atoms with Crippen LogP contribution in [-0.4, -0.2) is 5.78 Å². The topological polar surface area (TPSA) is 17.1 Å². The number of allylic oxidation sites excluding steroid dienone is 4. The molecule has 0 unspecified atom stereocenters. The Balaban J connectivity index is 1.59. The third-order valence-electron chi connectivity index (χ3n) is 4.59. The van der Waals surface area contributed by atoms with E-state index in [1.807, 2.05) is 0 Å². The highest BCUT2D eigenvalue weighted by atomic mass is 32.2. The molecular formula is C21H16OS2. The van der Waals surface area contributed by atoms with Gasteiger partial charge in [-0.05, 0) is 66.8 Å². The Morgan fingerprint density at radius 3 is 1.38 bits per heavy atom. The molecule has 3 heteroatoms. The predicted molar refractivity (Wildman–Crippen MR) is 106 cm³/mol. The average molecular weight is 348 g/mol. The minimum absolute atomic E-state index is 0.174. The molecule has 2 aromatic carbocycles. The second-order valence-corrected chi connectivity index (χ2v) is 9.82. The molecule has 0 bridgehead atoms. The Kier molecular flexibility index (Phi) is 3.18. The van der Waals surface area contributed by atoms with Gasteiger partial charge in [0.15, 0.2) is 5.78 Å². The van der Waals surface area contributed by atoms with Crippen LogP contribution in [0.5, 0.6) is 0 Å². The van der Waals surface area contributed by atoms with Crippen LogP contribution in [-0.2, 0) is 0 Å². The first-order valence-corrected chi connectivity index (χ1v) is 10.9. The van der Waals surface area contributed by atoms with Crippen LogP contribution in [0, 0.1) is 0 Å². The lowest BCUT2D eigenvalue weighted by atomic mass is 10.1. The molecular weight excluding hydrogens is 332 g/mol. The average Bonchev–Trinajstić information content (AvgIpc) is 3.36. The third-order valence-corrected chi connectivity index (χ3v) is 8.31. The maximum absolute atomic E-state index is 13.0. The number of hydrogen-bond donors (Lipinski definition) is 2. The summed E-state index contributed by atoms with van der Waals surface area (Å²) in [5.74, 6) is 0.174. The highest BCUT2D eigenvalue weighted by molar-refractivity contribution is 8.22. The number of benzene rings is 2. The maximum Gasteiger partial charge on any atom is 0.194 e. The fourth-order valence-electron chi connectivity index (χ4n) is 3.39. The van der Waals surface area contributed by atoms with E-state index in [2.05, 4.69) is 82.3 Å². The molecule has 0 radical (unpaired) electrons. The van der Waals surface area contributed by atoms with Gasteiger partial charge in [0.05, 0.1) is 0 Å². The summed E-state index contributed by atoms with van der Waals surface area (Å²) >= 11 is 0. The van der Waals surface area contributed by atoms with Gasteiger partial charge in [-0.2, -0.15) is 21.8 Å². The molecule has 0 spiro atoms. The van der Waals surface area contributed by atoms with Crippen molar-refractivity contribution in [3.8, 4) is 11.1 Å². The molecule has 5 rings (SSSR count). The molecule has 118 valence electrons. The molecule has 2 aromatic rings. The van der Waals surface area contributed by atoms with Gasteiger partial charge in [-0.3, -0.25) is 4.79 Å². The molecule has 2 aliphatic heterocycles. The van der Waals surface area contributed by atoms with Crippen LogP contribution >= 0.6 is 21.8 Å². The lowest BCUT2D eigenvalue weighted by molar-refractivity contribution is 0.104. The molecule has 0 saturated heterocycles. The zero-order chi connectivity index (χ0) is 16.1. The third kappa shape index (κ3) is 2.09. The van der Waals surface area contributed by atoms with Crippen LogP contribution in [0.3, 0.4) is 0 Å². The summed E-state index contributed by atoms with van der Waals surface area (Å²) in [6.07, 6.45) is 8.36. The fourth-order valence-corrected chi connectivity index (χ4v) is 6.47. The van der Waals surface area contributed by atoms with E-state index in [1.54, 1.807) is 0 Å². The van der Waals surface area contributed by atoms with Gasteiger partial charge in [-0.25, -0.2) is 0 Å². The Morgan fingerprint density at radius 1 is 0.542 bits per heavy atom. The van der Waals surface area contributed by atoms with Crippen molar-refractivity contribution in [2.24, 2.45) is 0 Å². The monoisotopic (exact) mass is 348 g/mol. The van der Waals surface area contributed by atoms with Crippen molar-refractivity contribution >= 4 is 27.6 Å². The summed E-state index contributed by atoms with van der Waals surface area (Å²) < 4.78 is 0. The largest absolute Gasteiger partial charge is 0.289 e. The second-order valence-electron chi connectivity index (χ2n) is 5.97. The van der Waals surface area contributed by atoms with Crippen molar-refractivity contribution in [2.75, 3.05) is 0 Å². The van der Waals surface area contributed by atoms with E-state index < -0.39 is 0 Å². The second kappa shape index (κ2) is 5.40. The number of rotatable bonds is 2. The van der Waals surface area contributed by atoms with Gasteiger partial charge in [-0.15, -0.1) is 0 Å². The van der Waals surface area contributed by atoms with Gasteiger partial charge in [0.1, 0.15) is 0 Å². The Bertz CT molecular complexity index is 891. The van der Waals surface area contributed by atoms with Gasteiger partial charge in [0, 0.05) is 11.1 Å². The first-order valence-electron chi connectivity index (χ1n) is 7.91. The smallest absolute Gasteiger partial charge is 0.194 e. The van der Waals surface area contributed by atoms with E-state index in [4.69, 9.17) is 0 Å². The van der Waals surface area contributed by atoms with Crippen molar-refractivity contribution in [1.29, 1.82) is 0 Å². The standard InChI is InChI=1S/C21H16OS2/c22-21-19-13-15(23-9-1-2-10-23)5-7-17(19)18-8-6-16(14-20(18)21)24-11-3-4-12-24/h1-14,23-24H. The summed E-state index contributed by atoms with van der Waals surface area (Å²) in [6.45, 7) is 0. The SMILES string of the molecule is O=C1c2cc([SH]3C=CC=C3)ccc2-c2ccc([SH]3C=CC=C3)cc21. The molecule has 1 nitrogen and oxygen atoms in total. The molecule has 0 aromatic heterocycles. The molecule has 0 N–H and O–H groups in total. The van der Waals surface area contributed by atoms with Crippen molar-refractivity contribution in [3.63, 3.8) is 0 Å². The van der Waals surface area contributed by atoms with Crippen molar-refractivity contribution in [1.82, 2.24) is 0 Å². The minimum atomic E-state index is -0.384. The number of fused-ring (bicyclic) bond motifs is 3. The van der Waals surface area contributed by atoms with Crippen molar-refractivity contribution in [2.45, 2.75) is 9.79 Å². The quantitative estimate of drug-likeness (QED) is 0.568. The number of hydrogen-bond acceptors (Lipinski definition) is 1. The van der Waals surface area contributed by atoms with E-state index in [0.29, 0.717) is 0 Å². The number of carbonyl (C=O) groups excluding carboxylic acids is 1. The molecule has 2 heterocycles. The molecule has 3 aliphatic rings. The van der Waals surface area contributed by atoms with Crippen LogP contribution in [0.2, 0.25) is 0 Å². The zero-order valence-electron chi connectivity index (χ0n) is 12.9. The number of carbonyl (C=O) groups is 1. The van der Waals surface area contributed by atoms with Gasteiger partial charge in [0.2, 0.25) is 0 Å². The van der Waals surface area contributed by atoms with Crippen LogP contribution in [0.4, 0.5) is 0 Å². The van der Waals surface area contributed by atoms with Gasteiger partial charge in [-0.1, -0.05) is 36.4 Å². The van der Waals surface area contributed by atoms with E-state index in [0.717, 1.165) is 22.3 Å². The fraction of sp³-hybridized carbons (Fsp3) is 0. The van der Waals surface area contributed by atoms with E-state index >= 15 is 0 Å². The zero-order valence-corrected chi connectivity index (χ0v) is 14.7. The highest BCUT2D eigenvalue weighted by Gasteiger charge is 2.27. The van der Waals surface area contributed by atoms with E-state index in [9.17, 15) is 4.79 Å². The molecule has 1 aliphatic carbocycles. The van der Waals surface area contributed by atoms with E-state index in [1.165, 1.54) is 9.79 Å². The van der Waals surface area contributed by atoms with Gasteiger partial charge in [0.25, 0.3) is 0 Å². The van der Waals surface area contributed by atoms with Crippen LogP contribution in [0.15, 0.2) is 92.1 Å². The first kappa shape index (κ1) is 14.1. The molecule has 0 amide bonds. The van der Waals surface area contributed by atoms with Gasteiger partial charge >= 0.3 is 0 Å². The molecule has 0 atom stereocenters. The molecule has 24 heavy (non-hydrogen) atoms. The van der Waals surface area contributed by atoms with Crippen molar-refractivity contribution in [3.05, 3.63) is 93.5 Å². The Morgan fingerprint density at radius 2 is 0.958 bits per heavy atom. The first-order chi connectivity index (χ1) is 11.8. The number of thiol groups is 2.